The fourth-order valence-corrected chi connectivity index (χ4v) is 2.40. The van der Waals surface area contributed by atoms with Crippen LogP contribution in [0.15, 0.2) is 48.8 Å². The molecule has 0 radical (unpaired) electrons. The number of carbonyl (C=O) groups is 1. The topological polar surface area (TPSA) is 68.5 Å². The van der Waals surface area contributed by atoms with Crippen molar-refractivity contribution in [3.8, 4) is 5.75 Å². The molecule has 0 saturated heterocycles. The third kappa shape index (κ3) is 4.11. The summed E-state index contributed by atoms with van der Waals surface area (Å²) in [6.45, 7) is 0.176. The number of hydrogen-bond donors (Lipinski definition) is 1. The lowest BCUT2D eigenvalue weighted by molar-refractivity contribution is -0.153. The number of ether oxygens (including phenoxy) is 1. The van der Waals surface area contributed by atoms with E-state index in [0.29, 0.717) is 0 Å². The molecule has 0 aliphatic heterocycles. The van der Waals surface area contributed by atoms with E-state index in [1.54, 1.807) is 35.8 Å². The summed E-state index contributed by atoms with van der Waals surface area (Å²) >= 11 is 0. The molecule has 3 rings (SSSR count). The van der Waals surface area contributed by atoms with Crippen molar-refractivity contribution in [2.75, 3.05) is 6.61 Å². The number of nitrogens with zero attached hydrogens (tertiary/aromatic N) is 3. The first-order valence-electron chi connectivity index (χ1n) is 7.73. The van der Waals surface area contributed by atoms with Crippen molar-refractivity contribution in [3.63, 3.8) is 0 Å². The van der Waals surface area contributed by atoms with Gasteiger partial charge in [0.25, 0.3) is 5.91 Å². The summed E-state index contributed by atoms with van der Waals surface area (Å²) in [5.41, 5.74) is 1.14. The summed E-state index contributed by atoms with van der Waals surface area (Å²) in [5, 5.41) is 6.83. The molecule has 0 fully saturated rings. The van der Waals surface area contributed by atoms with E-state index in [0.717, 1.165) is 5.52 Å². The second-order valence-electron chi connectivity index (χ2n) is 5.59. The van der Waals surface area contributed by atoms with Gasteiger partial charge in [-0.05, 0) is 37.3 Å². The van der Waals surface area contributed by atoms with Crippen molar-refractivity contribution in [1.82, 2.24) is 19.9 Å². The van der Waals surface area contributed by atoms with E-state index in [1.165, 1.54) is 18.3 Å². The van der Waals surface area contributed by atoms with E-state index in [1.807, 2.05) is 6.07 Å². The summed E-state index contributed by atoms with van der Waals surface area (Å²) < 4.78 is 43.5. The van der Waals surface area contributed by atoms with Crippen LogP contribution in [0.3, 0.4) is 0 Å². The monoisotopic (exact) mass is 364 g/mol. The molecule has 0 saturated carbocycles. The van der Waals surface area contributed by atoms with Gasteiger partial charge in [0.15, 0.2) is 12.3 Å². The summed E-state index contributed by atoms with van der Waals surface area (Å²) in [6, 6.07) is 9.18. The van der Waals surface area contributed by atoms with Gasteiger partial charge in [-0.15, -0.1) is 0 Å². The average Bonchev–Trinajstić information content (AvgIpc) is 3.04. The third-order valence-corrected chi connectivity index (χ3v) is 3.55. The molecular weight excluding hydrogens is 349 g/mol. The van der Waals surface area contributed by atoms with Crippen LogP contribution >= 0.6 is 0 Å². The predicted molar refractivity (Wildman–Crippen MR) is 86.9 cm³/mol. The highest BCUT2D eigenvalue weighted by Gasteiger charge is 2.29. The van der Waals surface area contributed by atoms with E-state index < -0.39 is 24.7 Å². The molecule has 3 heterocycles. The molecule has 0 aromatic carbocycles. The largest absolute Gasteiger partial charge is 0.482 e. The zero-order valence-electron chi connectivity index (χ0n) is 13.7. The standard InChI is InChI=1S/C17H15F3N4O2/c1-11(15-14(6-4-7-21-15)26-10-17(18,19)20)22-16(25)13-9-12-5-2-3-8-24(12)23-13/h2-9,11H,10H2,1H3,(H,22,25)/t11-/m1/s1. The second-order valence-corrected chi connectivity index (χ2v) is 5.59. The van der Waals surface area contributed by atoms with Crippen LogP contribution in [0.2, 0.25) is 0 Å². The Hall–Kier alpha value is -3.10. The fraction of sp³-hybridized carbons (Fsp3) is 0.235. The number of hydrogen-bond acceptors (Lipinski definition) is 4. The fourth-order valence-electron chi connectivity index (χ4n) is 2.40. The molecule has 1 amide bonds. The predicted octanol–water partition coefficient (Wildman–Crippen LogP) is 3.16. The molecule has 0 aliphatic rings. The van der Waals surface area contributed by atoms with E-state index in [-0.39, 0.29) is 17.1 Å². The van der Waals surface area contributed by atoms with Gasteiger partial charge in [-0.3, -0.25) is 9.78 Å². The Morgan fingerprint density at radius 2 is 2.12 bits per heavy atom. The first kappa shape index (κ1) is 17.7. The minimum absolute atomic E-state index is 0.0346. The van der Waals surface area contributed by atoms with Crippen molar-refractivity contribution < 1.29 is 22.7 Å². The number of alkyl halides is 3. The third-order valence-electron chi connectivity index (χ3n) is 3.55. The summed E-state index contributed by atoms with van der Waals surface area (Å²) in [5.74, 6) is -0.499. The Labute approximate surface area is 146 Å². The second kappa shape index (κ2) is 7.03. The lowest BCUT2D eigenvalue weighted by atomic mass is 10.2. The lowest BCUT2D eigenvalue weighted by Crippen LogP contribution is -2.28. The number of aromatic nitrogens is 3. The molecule has 9 heteroatoms. The van der Waals surface area contributed by atoms with Crippen molar-refractivity contribution in [1.29, 1.82) is 0 Å². The lowest BCUT2D eigenvalue weighted by Gasteiger charge is -2.17. The number of carbonyl (C=O) groups excluding carboxylic acids is 1. The number of fused-ring (bicyclic) bond motifs is 1. The van der Waals surface area contributed by atoms with Crippen molar-refractivity contribution in [3.05, 3.63) is 60.2 Å². The molecule has 26 heavy (non-hydrogen) atoms. The van der Waals surface area contributed by atoms with Crippen LogP contribution in [0, 0.1) is 0 Å². The Morgan fingerprint density at radius 1 is 1.31 bits per heavy atom. The Morgan fingerprint density at radius 3 is 2.85 bits per heavy atom. The highest BCUT2D eigenvalue weighted by molar-refractivity contribution is 5.93. The van der Waals surface area contributed by atoms with E-state index in [4.69, 9.17) is 4.74 Å². The molecule has 0 aliphatic carbocycles. The zero-order valence-corrected chi connectivity index (χ0v) is 13.7. The Kier molecular flexibility index (Phi) is 4.79. The molecule has 136 valence electrons. The van der Waals surface area contributed by atoms with Gasteiger partial charge in [-0.2, -0.15) is 18.3 Å². The molecule has 1 N–H and O–H groups in total. The van der Waals surface area contributed by atoms with Gasteiger partial charge in [0.1, 0.15) is 11.4 Å². The van der Waals surface area contributed by atoms with Crippen molar-refractivity contribution in [2.45, 2.75) is 19.1 Å². The van der Waals surface area contributed by atoms with Gasteiger partial charge in [0.05, 0.1) is 11.6 Å². The molecule has 1 atom stereocenters. The van der Waals surface area contributed by atoms with Gasteiger partial charge in [-0.25, -0.2) is 4.52 Å². The van der Waals surface area contributed by atoms with Crippen LogP contribution in [-0.4, -0.2) is 33.3 Å². The van der Waals surface area contributed by atoms with Crippen LogP contribution < -0.4 is 10.1 Å². The van der Waals surface area contributed by atoms with E-state index in [2.05, 4.69) is 15.4 Å². The van der Waals surface area contributed by atoms with Gasteiger partial charge in [0.2, 0.25) is 0 Å². The smallest absolute Gasteiger partial charge is 0.422 e. The molecule has 6 nitrogen and oxygen atoms in total. The molecule has 0 spiro atoms. The number of nitrogens with one attached hydrogen (secondary N) is 1. The molecule has 0 unspecified atom stereocenters. The quantitative estimate of drug-likeness (QED) is 0.755. The van der Waals surface area contributed by atoms with Gasteiger partial charge in [0, 0.05) is 12.4 Å². The molecule has 3 aromatic heterocycles. The number of pyridine rings is 2. The molecular formula is C17H15F3N4O2. The minimum Gasteiger partial charge on any atom is -0.482 e. The Bertz CT molecular complexity index is 891. The normalized spacial score (nSPS) is 12.8. The number of halogens is 3. The van der Waals surface area contributed by atoms with Crippen LogP contribution in [0.5, 0.6) is 5.75 Å². The maximum absolute atomic E-state index is 12.4. The van der Waals surface area contributed by atoms with Gasteiger partial charge < -0.3 is 10.1 Å². The Balaban J connectivity index is 1.75. The zero-order chi connectivity index (χ0) is 18.7. The van der Waals surface area contributed by atoms with Gasteiger partial charge >= 0.3 is 6.18 Å². The van der Waals surface area contributed by atoms with Gasteiger partial charge in [-0.1, -0.05) is 6.07 Å². The highest BCUT2D eigenvalue weighted by Crippen LogP contribution is 2.25. The number of rotatable bonds is 5. The molecule has 0 bridgehead atoms. The van der Waals surface area contributed by atoms with Crippen LogP contribution in [0.4, 0.5) is 13.2 Å². The minimum atomic E-state index is -4.46. The number of amides is 1. The SMILES string of the molecule is C[C@@H](NC(=O)c1cc2ccccn2n1)c1ncccc1OCC(F)(F)F. The van der Waals surface area contributed by atoms with Crippen LogP contribution in [0.1, 0.15) is 29.1 Å². The summed E-state index contributed by atoms with van der Waals surface area (Å²) in [7, 11) is 0. The first-order valence-corrected chi connectivity index (χ1v) is 7.73. The van der Waals surface area contributed by atoms with Crippen LogP contribution in [0.25, 0.3) is 5.52 Å². The van der Waals surface area contributed by atoms with E-state index in [9.17, 15) is 18.0 Å². The maximum atomic E-state index is 12.4. The maximum Gasteiger partial charge on any atom is 0.422 e. The van der Waals surface area contributed by atoms with Crippen molar-refractivity contribution in [2.24, 2.45) is 0 Å². The average molecular weight is 364 g/mol. The first-order chi connectivity index (χ1) is 12.3. The summed E-state index contributed by atoms with van der Waals surface area (Å²) in [6.07, 6.45) is -1.34. The summed E-state index contributed by atoms with van der Waals surface area (Å²) in [4.78, 5) is 16.4. The van der Waals surface area contributed by atoms with E-state index >= 15 is 0 Å². The van der Waals surface area contributed by atoms with Crippen LogP contribution in [-0.2, 0) is 0 Å². The highest BCUT2D eigenvalue weighted by atomic mass is 19.4. The molecule has 3 aromatic rings. The van der Waals surface area contributed by atoms with Crippen molar-refractivity contribution >= 4 is 11.4 Å².